The predicted octanol–water partition coefficient (Wildman–Crippen LogP) is 0.550. The molecule has 1 aliphatic carbocycles. The Balaban J connectivity index is 1.83. The van der Waals surface area contributed by atoms with Crippen LogP contribution in [-0.2, 0) is 9.53 Å². The average molecular weight is 270 g/mol. The summed E-state index contributed by atoms with van der Waals surface area (Å²) in [6, 6.07) is -0.0490. The number of aliphatic hydroxyl groups is 1. The maximum Gasteiger partial charge on any atom is 0.223 e. The van der Waals surface area contributed by atoms with Crippen LogP contribution in [0.4, 0.5) is 0 Å². The Bertz CT molecular complexity index is 292. The van der Waals surface area contributed by atoms with Gasteiger partial charge in [0.25, 0.3) is 0 Å². The zero-order valence-electron chi connectivity index (χ0n) is 11.5. The molecule has 110 valence electrons. The van der Waals surface area contributed by atoms with E-state index in [4.69, 9.17) is 10.5 Å². The van der Waals surface area contributed by atoms with E-state index in [1.807, 2.05) is 0 Å². The molecule has 0 aromatic rings. The fourth-order valence-corrected chi connectivity index (χ4v) is 3.18. The van der Waals surface area contributed by atoms with Crippen molar-refractivity contribution in [2.75, 3.05) is 13.2 Å². The molecule has 1 saturated heterocycles. The first-order chi connectivity index (χ1) is 9.24. The molecule has 1 heterocycles. The fraction of sp³-hybridized carbons (Fsp3) is 0.929. The van der Waals surface area contributed by atoms with Gasteiger partial charge in [0.2, 0.25) is 5.91 Å². The second-order valence-electron chi connectivity index (χ2n) is 5.73. The Morgan fingerprint density at radius 3 is 2.63 bits per heavy atom. The van der Waals surface area contributed by atoms with Gasteiger partial charge >= 0.3 is 0 Å². The van der Waals surface area contributed by atoms with Crippen LogP contribution < -0.4 is 11.1 Å². The zero-order valence-corrected chi connectivity index (χ0v) is 11.5. The third-order valence-electron chi connectivity index (χ3n) is 4.34. The number of hydrogen-bond acceptors (Lipinski definition) is 4. The molecule has 5 heteroatoms. The standard InChI is InChI=1S/C14H26N2O3/c15-8-7-11-5-6-12(13(9-17)19-11)16-14(18)10-3-1-2-4-10/h10-13,17H,1-9,15H2,(H,16,18)/t11-,12+,13+/m0/s1. The van der Waals surface area contributed by atoms with Crippen LogP contribution in [0.15, 0.2) is 0 Å². The monoisotopic (exact) mass is 270 g/mol. The van der Waals surface area contributed by atoms with Crippen LogP contribution in [-0.4, -0.2) is 42.4 Å². The van der Waals surface area contributed by atoms with Gasteiger partial charge in [-0.05, 0) is 38.6 Å². The van der Waals surface area contributed by atoms with Crippen LogP contribution in [0.2, 0.25) is 0 Å². The van der Waals surface area contributed by atoms with Crippen molar-refractivity contribution in [3.05, 3.63) is 0 Å². The van der Waals surface area contributed by atoms with E-state index >= 15 is 0 Å². The lowest BCUT2D eigenvalue weighted by atomic mass is 9.96. The molecular weight excluding hydrogens is 244 g/mol. The van der Waals surface area contributed by atoms with E-state index < -0.39 is 0 Å². The quantitative estimate of drug-likeness (QED) is 0.681. The number of amides is 1. The summed E-state index contributed by atoms with van der Waals surface area (Å²) < 4.78 is 5.81. The van der Waals surface area contributed by atoms with Gasteiger partial charge in [0.05, 0.1) is 18.8 Å². The van der Waals surface area contributed by atoms with E-state index in [-0.39, 0.29) is 36.7 Å². The molecule has 0 radical (unpaired) electrons. The van der Waals surface area contributed by atoms with Gasteiger partial charge in [-0.15, -0.1) is 0 Å². The minimum Gasteiger partial charge on any atom is -0.394 e. The summed E-state index contributed by atoms with van der Waals surface area (Å²) in [6.45, 7) is 0.554. The van der Waals surface area contributed by atoms with Crippen LogP contribution in [0.25, 0.3) is 0 Å². The normalized spacial score (nSPS) is 32.4. The maximum atomic E-state index is 12.1. The van der Waals surface area contributed by atoms with Crippen molar-refractivity contribution in [3.63, 3.8) is 0 Å². The molecule has 2 fully saturated rings. The minimum absolute atomic E-state index is 0.0450. The van der Waals surface area contributed by atoms with Gasteiger partial charge in [0.15, 0.2) is 0 Å². The molecule has 0 aromatic carbocycles. The zero-order chi connectivity index (χ0) is 13.7. The van der Waals surface area contributed by atoms with Gasteiger partial charge in [0.1, 0.15) is 6.10 Å². The van der Waals surface area contributed by atoms with Crippen LogP contribution >= 0.6 is 0 Å². The first kappa shape index (κ1) is 14.8. The Kier molecular flexibility index (Phi) is 5.60. The number of ether oxygens (including phenoxy) is 1. The first-order valence-corrected chi connectivity index (χ1v) is 7.51. The largest absolute Gasteiger partial charge is 0.394 e. The molecular formula is C14H26N2O3. The topological polar surface area (TPSA) is 84.6 Å². The van der Waals surface area contributed by atoms with Crippen molar-refractivity contribution in [1.82, 2.24) is 5.32 Å². The van der Waals surface area contributed by atoms with Crippen LogP contribution in [0.3, 0.4) is 0 Å². The highest BCUT2D eigenvalue weighted by Gasteiger charge is 2.33. The fourth-order valence-electron chi connectivity index (χ4n) is 3.18. The van der Waals surface area contributed by atoms with Gasteiger partial charge < -0.3 is 20.9 Å². The summed E-state index contributed by atoms with van der Waals surface area (Å²) in [7, 11) is 0. The van der Waals surface area contributed by atoms with E-state index in [0.717, 1.165) is 44.9 Å². The number of carbonyl (C=O) groups excluding carboxylic acids is 1. The highest BCUT2D eigenvalue weighted by atomic mass is 16.5. The molecule has 19 heavy (non-hydrogen) atoms. The smallest absolute Gasteiger partial charge is 0.223 e. The molecule has 1 aliphatic heterocycles. The Morgan fingerprint density at radius 1 is 1.26 bits per heavy atom. The summed E-state index contributed by atoms with van der Waals surface area (Å²) in [4.78, 5) is 12.1. The van der Waals surface area contributed by atoms with E-state index in [0.29, 0.717) is 6.54 Å². The van der Waals surface area contributed by atoms with Gasteiger partial charge in [-0.2, -0.15) is 0 Å². The number of hydrogen-bond donors (Lipinski definition) is 3. The molecule has 0 bridgehead atoms. The summed E-state index contributed by atoms with van der Waals surface area (Å²) in [5, 5.41) is 12.5. The molecule has 0 unspecified atom stereocenters. The lowest BCUT2D eigenvalue weighted by Crippen LogP contribution is -2.52. The van der Waals surface area contributed by atoms with Crippen molar-refractivity contribution >= 4 is 5.91 Å². The van der Waals surface area contributed by atoms with Gasteiger partial charge in [-0.3, -0.25) is 4.79 Å². The summed E-state index contributed by atoms with van der Waals surface area (Å²) in [6.07, 6.45) is 6.75. The molecule has 1 saturated carbocycles. The maximum absolute atomic E-state index is 12.1. The molecule has 2 aliphatic rings. The van der Waals surface area contributed by atoms with E-state index in [1.165, 1.54) is 0 Å². The van der Waals surface area contributed by atoms with Crippen molar-refractivity contribution < 1.29 is 14.6 Å². The van der Waals surface area contributed by atoms with E-state index in [9.17, 15) is 9.90 Å². The van der Waals surface area contributed by atoms with E-state index in [1.54, 1.807) is 0 Å². The number of rotatable bonds is 5. The third kappa shape index (κ3) is 3.91. The summed E-state index contributed by atoms with van der Waals surface area (Å²) >= 11 is 0. The molecule has 5 nitrogen and oxygen atoms in total. The molecule has 2 rings (SSSR count). The van der Waals surface area contributed by atoms with Gasteiger partial charge in [-0.25, -0.2) is 0 Å². The van der Waals surface area contributed by atoms with Crippen LogP contribution in [0.5, 0.6) is 0 Å². The van der Waals surface area contributed by atoms with Gasteiger partial charge in [0, 0.05) is 5.92 Å². The Hall–Kier alpha value is -0.650. The number of nitrogens with one attached hydrogen (secondary N) is 1. The summed E-state index contributed by atoms with van der Waals surface area (Å²) in [5.41, 5.74) is 5.53. The molecule has 3 atom stereocenters. The van der Waals surface area contributed by atoms with Gasteiger partial charge in [-0.1, -0.05) is 12.8 Å². The summed E-state index contributed by atoms with van der Waals surface area (Å²) in [5.74, 6) is 0.308. The second kappa shape index (κ2) is 7.22. The third-order valence-corrected chi connectivity index (χ3v) is 4.34. The SMILES string of the molecule is NCC[C@@H]1CC[C@@H](NC(=O)C2CCCC2)[C@@H](CO)O1. The van der Waals surface area contributed by atoms with Crippen molar-refractivity contribution in [2.24, 2.45) is 11.7 Å². The number of nitrogens with two attached hydrogens (primary N) is 1. The lowest BCUT2D eigenvalue weighted by molar-refractivity contribution is -0.131. The molecule has 1 amide bonds. The number of aliphatic hydroxyl groups excluding tert-OH is 1. The van der Waals surface area contributed by atoms with Crippen LogP contribution in [0.1, 0.15) is 44.9 Å². The highest BCUT2D eigenvalue weighted by Crippen LogP contribution is 2.26. The Labute approximate surface area is 114 Å². The molecule has 4 N–H and O–H groups in total. The lowest BCUT2D eigenvalue weighted by Gasteiger charge is -2.36. The molecule has 0 spiro atoms. The second-order valence-corrected chi connectivity index (χ2v) is 5.73. The Morgan fingerprint density at radius 2 is 2.00 bits per heavy atom. The van der Waals surface area contributed by atoms with Crippen molar-refractivity contribution in [3.8, 4) is 0 Å². The van der Waals surface area contributed by atoms with Crippen LogP contribution in [0, 0.1) is 5.92 Å². The van der Waals surface area contributed by atoms with Crippen molar-refractivity contribution in [1.29, 1.82) is 0 Å². The van der Waals surface area contributed by atoms with E-state index in [2.05, 4.69) is 5.32 Å². The first-order valence-electron chi connectivity index (χ1n) is 7.51. The average Bonchev–Trinajstić information content (AvgIpc) is 2.94. The minimum atomic E-state index is -0.282. The molecule has 0 aromatic heterocycles. The predicted molar refractivity (Wildman–Crippen MR) is 72.5 cm³/mol. The van der Waals surface area contributed by atoms with Crippen molar-refractivity contribution in [2.45, 2.75) is 63.2 Å². The number of carbonyl (C=O) groups is 1. The highest BCUT2D eigenvalue weighted by molar-refractivity contribution is 5.79.